The number of hydroxylamine groups is 2. The fraction of sp³-hybridized carbons (Fsp3) is 0.281. The Hall–Kier alpha value is -4.53. The summed E-state index contributed by atoms with van der Waals surface area (Å²) in [4.78, 5) is 59.1. The third-order valence-electron chi connectivity index (χ3n) is 9.84. The van der Waals surface area contributed by atoms with Crippen molar-refractivity contribution in [3.05, 3.63) is 98.9 Å². The van der Waals surface area contributed by atoms with E-state index >= 15 is 4.39 Å². The van der Waals surface area contributed by atoms with Crippen LogP contribution in [0.25, 0.3) is 0 Å². The van der Waals surface area contributed by atoms with Crippen molar-refractivity contribution in [2.45, 2.75) is 30.4 Å². The summed E-state index contributed by atoms with van der Waals surface area (Å²) in [6.07, 6.45) is -2.84. The number of carbonyl (C=O) groups is 4. The first-order valence-electron chi connectivity index (χ1n) is 14.5. The SMILES string of the molecule is O=C1C2CC=C3C(CC4C(=O)N(Nc5ncc(C(F)(F)F)cc5Cl)C(=O)C4(c4ccc(Cl)cc4)C3c3ccc(O)c(F)c3)C2C(=O)N1O. The van der Waals surface area contributed by atoms with Gasteiger partial charge in [-0.15, -0.1) is 0 Å². The van der Waals surface area contributed by atoms with E-state index in [1.807, 2.05) is 0 Å². The number of anilines is 1. The first kappa shape index (κ1) is 32.0. The Bertz CT molecular complexity index is 1960. The monoisotopic (exact) mass is 704 g/mol. The second kappa shape index (κ2) is 11.0. The number of nitrogens with one attached hydrogen (secondary N) is 1. The molecule has 4 aliphatic rings. The second-order valence-electron chi connectivity index (χ2n) is 12.1. The number of amides is 4. The van der Waals surface area contributed by atoms with Crippen LogP contribution in [0.15, 0.2) is 66.4 Å². The third-order valence-corrected chi connectivity index (χ3v) is 10.4. The lowest BCUT2D eigenvalue weighted by atomic mass is 9.49. The highest BCUT2D eigenvalue weighted by atomic mass is 35.5. The lowest BCUT2D eigenvalue weighted by Crippen LogP contribution is -2.53. The van der Waals surface area contributed by atoms with Crippen LogP contribution in [0, 0.1) is 29.5 Å². The number of aromatic nitrogens is 1. The highest BCUT2D eigenvalue weighted by Gasteiger charge is 2.70. The fourth-order valence-electron chi connectivity index (χ4n) is 7.84. The largest absolute Gasteiger partial charge is 0.505 e. The Labute approximate surface area is 278 Å². The molecule has 3 N–H and O–H groups in total. The van der Waals surface area contributed by atoms with E-state index in [0.29, 0.717) is 22.8 Å². The molecule has 48 heavy (non-hydrogen) atoms. The maximum atomic E-state index is 15.1. The fourth-order valence-corrected chi connectivity index (χ4v) is 8.18. The highest BCUT2D eigenvalue weighted by molar-refractivity contribution is 6.33. The Morgan fingerprint density at radius 1 is 0.958 bits per heavy atom. The number of rotatable bonds is 4. The molecule has 3 aromatic rings. The Balaban J connectivity index is 1.44. The lowest BCUT2D eigenvalue weighted by molar-refractivity contribution is -0.173. The van der Waals surface area contributed by atoms with E-state index in [1.54, 1.807) is 6.08 Å². The molecular formula is C32H22Cl2F4N4O6. The Kier molecular flexibility index (Phi) is 7.34. The van der Waals surface area contributed by atoms with E-state index in [4.69, 9.17) is 23.2 Å². The van der Waals surface area contributed by atoms with E-state index in [1.165, 1.54) is 30.3 Å². The summed E-state index contributed by atoms with van der Waals surface area (Å²) in [7, 11) is 0. The number of hydrogen-bond donors (Lipinski definition) is 3. The van der Waals surface area contributed by atoms with Crippen LogP contribution in [-0.4, -0.2) is 49.0 Å². The summed E-state index contributed by atoms with van der Waals surface area (Å²) in [6, 6.07) is 10.0. The molecule has 4 amide bonds. The number of nitrogens with zero attached hydrogens (tertiary/aromatic N) is 3. The molecule has 3 fully saturated rings. The molecule has 1 aromatic heterocycles. The smallest absolute Gasteiger partial charge is 0.417 e. The predicted octanol–water partition coefficient (Wildman–Crippen LogP) is 5.63. The summed E-state index contributed by atoms with van der Waals surface area (Å²) < 4.78 is 55.0. The number of benzene rings is 2. The van der Waals surface area contributed by atoms with Crippen LogP contribution in [0.3, 0.4) is 0 Å². The van der Waals surface area contributed by atoms with Gasteiger partial charge in [0.25, 0.3) is 23.6 Å². The highest BCUT2D eigenvalue weighted by Crippen LogP contribution is 2.64. The molecule has 248 valence electrons. The lowest BCUT2D eigenvalue weighted by Gasteiger charge is -2.50. The molecule has 10 nitrogen and oxygen atoms in total. The number of fused-ring (bicyclic) bond motifs is 4. The minimum Gasteiger partial charge on any atom is -0.505 e. The zero-order chi connectivity index (χ0) is 34.4. The molecule has 0 bridgehead atoms. The summed E-state index contributed by atoms with van der Waals surface area (Å²) >= 11 is 12.3. The predicted molar refractivity (Wildman–Crippen MR) is 159 cm³/mol. The van der Waals surface area contributed by atoms with Crippen molar-refractivity contribution in [3.63, 3.8) is 0 Å². The zero-order valence-electron chi connectivity index (χ0n) is 24.2. The van der Waals surface area contributed by atoms with Gasteiger partial charge in [0.1, 0.15) is 0 Å². The number of allylic oxidation sites excluding steroid dienone is 2. The van der Waals surface area contributed by atoms with Gasteiger partial charge in [-0.3, -0.25) is 29.8 Å². The summed E-state index contributed by atoms with van der Waals surface area (Å²) in [5, 5.41) is 20.7. The maximum Gasteiger partial charge on any atom is 0.417 e. The quantitative estimate of drug-likeness (QED) is 0.138. The number of phenols is 1. The molecule has 2 aromatic carbocycles. The van der Waals surface area contributed by atoms with Crippen LogP contribution < -0.4 is 5.43 Å². The first-order valence-corrected chi connectivity index (χ1v) is 15.3. The van der Waals surface area contributed by atoms with Gasteiger partial charge in [0.2, 0.25) is 0 Å². The van der Waals surface area contributed by atoms with E-state index in [0.717, 1.165) is 12.1 Å². The Morgan fingerprint density at radius 3 is 2.31 bits per heavy atom. The summed E-state index contributed by atoms with van der Waals surface area (Å²) in [5.74, 6) is -11.1. The van der Waals surface area contributed by atoms with Crippen LogP contribution in [0.1, 0.15) is 35.4 Å². The van der Waals surface area contributed by atoms with Crippen molar-refractivity contribution in [1.29, 1.82) is 0 Å². The van der Waals surface area contributed by atoms with Crippen LogP contribution in [0.5, 0.6) is 5.75 Å². The number of hydrazine groups is 1. The number of imide groups is 2. The number of pyridine rings is 1. The van der Waals surface area contributed by atoms with Crippen LogP contribution in [0.2, 0.25) is 10.0 Å². The number of carbonyl (C=O) groups excluding carboxylic acids is 4. The molecular weight excluding hydrogens is 683 g/mol. The average molecular weight is 705 g/mol. The van der Waals surface area contributed by atoms with Gasteiger partial charge >= 0.3 is 6.18 Å². The number of hydrogen-bond acceptors (Lipinski definition) is 8. The van der Waals surface area contributed by atoms with E-state index < -0.39 is 92.8 Å². The van der Waals surface area contributed by atoms with Gasteiger partial charge in [0, 0.05) is 17.1 Å². The zero-order valence-corrected chi connectivity index (χ0v) is 25.7. The van der Waals surface area contributed by atoms with Gasteiger partial charge in [0.15, 0.2) is 17.4 Å². The van der Waals surface area contributed by atoms with Crippen molar-refractivity contribution in [3.8, 4) is 5.75 Å². The van der Waals surface area contributed by atoms with Crippen LogP contribution >= 0.6 is 23.2 Å². The molecule has 2 saturated heterocycles. The normalized spacial score (nSPS) is 28.3. The molecule has 0 spiro atoms. The molecule has 6 atom stereocenters. The van der Waals surface area contributed by atoms with Gasteiger partial charge in [-0.2, -0.15) is 23.2 Å². The standard InChI is InChI=1S/C32H22Cl2F4N4O6/c33-16-4-2-14(3-5-16)31-20(28(45)41(30(31)47)40-26-21(34)10-15(12-39-26)32(36,37)38)11-19-17(25(31)13-1-8-23(43)22(35)9-13)6-7-18-24(19)29(46)42(48)27(18)44/h1-6,8-10,12,18-20,24-25,43,48H,7,11H2,(H,39,40). The maximum absolute atomic E-state index is 15.1. The van der Waals surface area contributed by atoms with Crippen molar-refractivity contribution < 1.29 is 47.1 Å². The summed E-state index contributed by atoms with van der Waals surface area (Å²) in [5.41, 5.74) is 0.280. The van der Waals surface area contributed by atoms with Gasteiger partial charge in [0.05, 0.1) is 33.8 Å². The van der Waals surface area contributed by atoms with E-state index in [-0.39, 0.29) is 34.1 Å². The van der Waals surface area contributed by atoms with Gasteiger partial charge < -0.3 is 5.11 Å². The van der Waals surface area contributed by atoms with E-state index in [2.05, 4.69) is 10.4 Å². The van der Waals surface area contributed by atoms with Gasteiger partial charge in [-0.25, -0.2) is 9.37 Å². The first-order chi connectivity index (χ1) is 22.7. The third kappa shape index (κ3) is 4.53. The number of aromatic hydroxyl groups is 1. The van der Waals surface area contributed by atoms with Crippen molar-refractivity contribution in [1.82, 2.24) is 15.1 Å². The molecule has 2 aliphatic heterocycles. The molecule has 0 radical (unpaired) electrons. The van der Waals surface area contributed by atoms with Crippen molar-refractivity contribution >= 4 is 52.6 Å². The minimum atomic E-state index is -4.78. The summed E-state index contributed by atoms with van der Waals surface area (Å²) in [6.45, 7) is 0. The van der Waals surface area contributed by atoms with Gasteiger partial charge in [-0.1, -0.05) is 53.1 Å². The second-order valence-corrected chi connectivity index (χ2v) is 13.0. The van der Waals surface area contributed by atoms with Crippen molar-refractivity contribution in [2.24, 2.45) is 23.7 Å². The molecule has 1 saturated carbocycles. The van der Waals surface area contributed by atoms with Crippen LogP contribution in [0.4, 0.5) is 23.4 Å². The molecule has 16 heteroatoms. The van der Waals surface area contributed by atoms with Crippen molar-refractivity contribution in [2.75, 3.05) is 5.43 Å². The molecule has 7 rings (SSSR count). The molecule has 2 aliphatic carbocycles. The Morgan fingerprint density at radius 2 is 1.67 bits per heavy atom. The van der Waals surface area contributed by atoms with Gasteiger partial charge in [-0.05, 0) is 60.2 Å². The molecule has 3 heterocycles. The topological polar surface area (TPSA) is 140 Å². The average Bonchev–Trinajstić information content (AvgIpc) is 3.39. The molecule has 6 unspecified atom stereocenters. The number of phenolic OH excluding ortho intramolecular Hbond substituents is 1. The number of alkyl halides is 3. The van der Waals surface area contributed by atoms with E-state index in [9.17, 15) is 42.7 Å². The number of halogens is 6. The van der Waals surface area contributed by atoms with Crippen LogP contribution in [-0.2, 0) is 30.8 Å². The minimum absolute atomic E-state index is 0.00819.